The summed E-state index contributed by atoms with van der Waals surface area (Å²) in [5.74, 6) is 0. The molecule has 100 valence electrons. The fraction of sp³-hybridized carbons (Fsp3) is 0.529. The predicted octanol–water partition coefficient (Wildman–Crippen LogP) is 4.43. The van der Waals surface area contributed by atoms with Crippen molar-refractivity contribution < 1.29 is 0 Å². The zero-order valence-electron chi connectivity index (χ0n) is 12.1. The number of nitrogens with two attached hydrogens (primary N) is 1. The lowest BCUT2D eigenvalue weighted by atomic mass is 9.69. The van der Waals surface area contributed by atoms with Gasteiger partial charge in [0.1, 0.15) is 0 Å². The van der Waals surface area contributed by atoms with E-state index in [0.717, 1.165) is 25.7 Å². The Kier molecular flexibility index (Phi) is 5.61. The van der Waals surface area contributed by atoms with E-state index < -0.39 is 0 Å². The van der Waals surface area contributed by atoms with E-state index in [1.165, 1.54) is 11.1 Å². The van der Waals surface area contributed by atoms with Crippen molar-refractivity contribution in [2.75, 3.05) is 0 Å². The van der Waals surface area contributed by atoms with E-state index in [4.69, 9.17) is 5.73 Å². The van der Waals surface area contributed by atoms with Gasteiger partial charge in [0, 0.05) is 11.5 Å². The Morgan fingerprint density at radius 2 is 1.78 bits per heavy atom. The monoisotopic (exact) mass is 245 g/mol. The Morgan fingerprint density at radius 3 is 2.22 bits per heavy atom. The van der Waals surface area contributed by atoms with Crippen molar-refractivity contribution in [3.8, 4) is 0 Å². The summed E-state index contributed by atoms with van der Waals surface area (Å²) in [6.45, 7) is 10.6. The van der Waals surface area contributed by atoms with E-state index in [1.807, 2.05) is 0 Å². The maximum atomic E-state index is 6.51. The second-order valence-corrected chi connectivity index (χ2v) is 5.33. The predicted molar refractivity (Wildman–Crippen MR) is 80.7 cm³/mol. The van der Waals surface area contributed by atoms with E-state index in [-0.39, 0.29) is 11.5 Å². The van der Waals surface area contributed by atoms with Crippen LogP contribution >= 0.6 is 0 Å². The molecule has 1 heteroatoms. The number of hydrogen-bond donors (Lipinski definition) is 1. The molecule has 1 aromatic rings. The van der Waals surface area contributed by atoms with Gasteiger partial charge in [-0.2, -0.15) is 0 Å². The molecule has 0 aromatic heterocycles. The van der Waals surface area contributed by atoms with Crippen LogP contribution in [0.3, 0.4) is 0 Å². The number of hydrogen-bond acceptors (Lipinski definition) is 1. The Bertz CT molecular complexity index is 362. The van der Waals surface area contributed by atoms with Crippen molar-refractivity contribution in [2.24, 2.45) is 5.73 Å². The van der Waals surface area contributed by atoms with Crippen LogP contribution in [0.5, 0.6) is 0 Å². The van der Waals surface area contributed by atoms with Crippen LogP contribution in [0, 0.1) is 0 Å². The minimum atomic E-state index is 0.108. The van der Waals surface area contributed by atoms with Gasteiger partial charge >= 0.3 is 0 Å². The van der Waals surface area contributed by atoms with Gasteiger partial charge in [0.25, 0.3) is 0 Å². The molecule has 1 unspecified atom stereocenters. The Hall–Kier alpha value is -1.08. The molecule has 0 amide bonds. The molecule has 18 heavy (non-hydrogen) atoms. The molecular weight excluding hydrogens is 218 g/mol. The van der Waals surface area contributed by atoms with Crippen LogP contribution in [0.25, 0.3) is 0 Å². The highest BCUT2D eigenvalue weighted by molar-refractivity contribution is 5.27. The summed E-state index contributed by atoms with van der Waals surface area (Å²) in [4.78, 5) is 0. The molecule has 0 radical (unpaired) electrons. The van der Waals surface area contributed by atoms with Gasteiger partial charge in [-0.3, -0.25) is 0 Å². The van der Waals surface area contributed by atoms with Gasteiger partial charge in [0.2, 0.25) is 0 Å². The standard InChI is InChI=1S/C17H27N/c1-5-17(6-2,15-10-8-7-9-11-15)16(18)13-12-14(3)4/h7-11,16H,3,5-6,12-13,18H2,1-2,4H3. The van der Waals surface area contributed by atoms with Crippen molar-refractivity contribution in [1.29, 1.82) is 0 Å². The van der Waals surface area contributed by atoms with Crippen LogP contribution in [0.2, 0.25) is 0 Å². The van der Waals surface area contributed by atoms with Crippen molar-refractivity contribution in [1.82, 2.24) is 0 Å². The Balaban J connectivity index is 2.96. The van der Waals surface area contributed by atoms with E-state index in [1.54, 1.807) is 0 Å². The summed E-state index contributed by atoms with van der Waals surface area (Å²) in [5.41, 5.74) is 9.22. The lowest BCUT2D eigenvalue weighted by molar-refractivity contribution is 0.304. The first-order valence-electron chi connectivity index (χ1n) is 7.02. The third-order valence-electron chi connectivity index (χ3n) is 4.20. The molecule has 0 fully saturated rings. The van der Waals surface area contributed by atoms with Crippen molar-refractivity contribution in [3.05, 3.63) is 48.0 Å². The zero-order chi connectivity index (χ0) is 13.6. The van der Waals surface area contributed by atoms with E-state index in [2.05, 4.69) is 57.7 Å². The maximum absolute atomic E-state index is 6.51. The summed E-state index contributed by atoms with van der Waals surface area (Å²) in [7, 11) is 0. The summed E-state index contributed by atoms with van der Waals surface area (Å²) >= 11 is 0. The van der Waals surface area contributed by atoms with E-state index >= 15 is 0 Å². The molecule has 0 aliphatic rings. The second kappa shape index (κ2) is 6.75. The van der Waals surface area contributed by atoms with Gasteiger partial charge in [0.05, 0.1) is 0 Å². The van der Waals surface area contributed by atoms with Crippen LogP contribution in [-0.2, 0) is 5.41 Å². The lowest BCUT2D eigenvalue weighted by Crippen LogP contribution is -2.44. The van der Waals surface area contributed by atoms with Crippen LogP contribution in [0.4, 0.5) is 0 Å². The Morgan fingerprint density at radius 1 is 1.22 bits per heavy atom. The van der Waals surface area contributed by atoms with Crippen LogP contribution in [-0.4, -0.2) is 6.04 Å². The van der Waals surface area contributed by atoms with Gasteiger partial charge in [-0.15, -0.1) is 6.58 Å². The third kappa shape index (κ3) is 3.23. The average molecular weight is 245 g/mol. The van der Waals surface area contributed by atoms with Gasteiger partial charge in [-0.1, -0.05) is 49.8 Å². The number of rotatable bonds is 7. The number of allylic oxidation sites excluding steroid dienone is 1. The highest BCUT2D eigenvalue weighted by Crippen LogP contribution is 2.36. The topological polar surface area (TPSA) is 26.0 Å². The maximum Gasteiger partial charge on any atom is 0.0139 e. The highest BCUT2D eigenvalue weighted by atomic mass is 14.7. The molecule has 0 saturated carbocycles. The molecule has 2 N–H and O–H groups in total. The van der Waals surface area contributed by atoms with Crippen molar-refractivity contribution >= 4 is 0 Å². The largest absolute Gasteiger partial charge is 0.327 e. The van der Waals surface area contributed by atoms with Crippen molar-refractivity contribution in [2.45, 2.75) is 57.9 Å². The minimum Gasteiger partial charge on any atom is -0.327 e. The molecule has 0 spiro atoms. The lowest BCUT2D eigenvalue weighted by Gasteiger charge is -2.38. The van der Waals surface area contributed by atoms with Crippen molar-refractivity contribution in [3.63, 3.8) is 0 Å². The molecular formula is C17H27N. The molecule has 1 atom stereocenters. The first-order chi connectivity index (χ1) is 8.56. The van der Waals surface area contributed by atoms with Crippen LogP contribution in [0.1, 0.15) is 52.0 Å². The Labute approximate surface area is 112 Å². The fourth-order valence-electron chi connectivity index (χ4n) is 2.84. The summed E-state index contributed by atoms with van der Waals surface area (Å²) in [5, 5.41) is 0. The number of benzene rings is 1. The molecule has 0 bridgehead atoms. The normalized spacial score (nSPS) is 13.3. The SMILES string of the molecule is C=C(C)CCC(N)C(CC)(CC)c1ccccc1. The van der Waals surface area contributed by atoms with Gasteiger partial charge < -0.3 is 5.73 Å². The first kappa shape index (κ1) is 15.0. The van der Waals surface area contributed by atoms with E-state index in [0.29, 0.717) is 0 Å². The molecule has 0 aliphatic carbocycles. The van der Waals surface area contributed by atoms with Gasteiger partial charge in [-0.05, 0) is 38.2 Å². The van der Waals surface area contributed by atoms with Crippen LogP contribution < -0.4 is 5.73 Å². The summed E-state index contributed by atoms with van der Waals surface area (Å²) in [6.07, 6.45) is 4.22. The molecule has 0 heterocycles. The first-order valence-corrected chi connectivity index (χ1v) is 7.02. The molecule has 0 aliphatic heterocycles. The highest BCUT2D eigenvalue weighted by Gasteiger charge is 2.34. The third-order valence-corrected chi connectivity index (χ3v) is 4.20. The fourth-order valence-corrected chi connectivity index (χ4v) is 2.84. The van der Waals surface area contributed by atoms with Gasteiger partial charge in [0.15, 0.2) is 0 Å². The molecule has 1 aromatic carbocycles. The van der Waals surface area contributed by atoms with E-state index in [9.17, 15) is 0 Å². The quantitative estimate of drug-likeness (QED) is 0.707. The zero-order valence-corrected chi connectivity index (χ0v) is 12.1. The van der Waals surface area contributed by atoms with Gasteiger partial charge in [-0.25, -0.2) is 0 Å². The minimum absolute atomic E-state index is 0.108. The smallest absolute Gasteiger partial charge is 0.0139 e. The summed E-state index contributed by atoms with van der Waals surface area (Å²) < 4.78 is 0. The average Bonchev–Trinajstić information content (AvgIpc) is 2.39. The summed E-state index contributed by atoms with van der Waals surface area (Å²) in [6, 6.07) is 10.9. The molecule has 0 saturated heterocycles. The second-order valence-electron chi connectivity index (χ2n) is 5.33. The molecule has 1 rings (SSSR count). The molecule has 1 nitrogen and oxygen atoms in total. The van der Waals surface area contributed by atoms with Crippen LogP contribution in [0.15, 0.2) is 42.5 Å².